The van der Waals surface area contributed by atoms with E-state index in [1.54, 1.807) is 0 Å². The van der Waals surface area contributed by atoms with E-state index in [0.29, 0.717) is 5.75 Å². The van der Waals surface area contributed by atoms with Gasteiger partial charge in [-0.1, -0.05) is 13.8 Å². The Balaban J connectivity index is 2.51. The molecule has 0 aliphatic rings. The van der Waals surface area contributed by atoms with E-state index in [4.69, 9.17) is 10.00 Å². The first kappa shape index (κ1) is 14.3. The van der Waals surface area contributed by atoms with E-state index in [-0.39, 0.29) is 18.6 Å². The van der Waals surface area contributed by atoms with Gasteiger partial charge in [0.2, 0.25) is 0 Å². The minimum absolute atomic E-state index is 0.0607. The summed E-state index contributed by atoms with van der Waals surface area (Å²) in [6.07, 6.45) is 0.917. The topological polar surface area (TPSA) is 65.3 Å². The fraction of sp³-hybridized carbons (Fsp3) is 0.500. The molecule has 0 heterocycles. The summed E-state index contributed by atoms with van der Waals surface area (Å²) in [5.41, 5.74) is 0.878. The van der Waals surface area contributed by atoms with Gasteiger partial charge in [0.05, 0.1) is 6.61 Å². The van der Waals surface area contributed by atoms with Crippen molar-refractivity contribution in [2.45, 2.75) is 20.3 Å². The third kappa shape index (κ3) is 4.27. The Morgan fingerprint density at radius 1 is 1.39 bits per heavy atom. The molecule has 1 aromatic rings. The van der Waals surface area contributed by atoms with Crippen LogP contribution in [0.4, 0.5) is 5.69 Å². The Bertz CT molecular complexity index is 391. The Labute approximate surface area is 108 Å². The van der Waals surface area contributed by atoms with Crippen LogP contribution in [0, 0.1) is 16.7 Å². The number of hydrogen-bond donors (Lipinski definition) is 2. The molecule has 0 aliphatic carbocycles. The smallest absolute Gasteiger partial charge is 0.174 e. The quantitative estimate of drug-likeness (QED) is 0.777. The number of benzene rings is 1. The van der Waals surface area contributed by atoms with Gasteiger partial charge in [0.25, 0.3) is 0 Å². The predicted octanol–water partition coefficient (Wildman–Crippen LogP) is 2.41. The lowest BCUT2D eigenvalue weighted by Gasteiger charge is -2.26. The summed E-state index contributed by atoms with van der Waals surface area (Å²) in [5, 5.41) is 21.0. The minimum Gasteiger partial charge on any atom is -0.479 e. The normalized spacial score (nSPS) is 13.4. The molecule has 1 atom stereocenters. The first-order chi connectivity index (χ1) is 8.63. The number of anilines is 1. The van der Waals surface area contributed by atoms with Crippen LogP contribution in [-0.4, -0.2) is 24.9 Å². The summed E-state index contributed by atoms with van der Waals surface area (Å²) >= 11 is 0. The number of nitrogens with zero attached hydrogens (tertiary/aromatic N) is 1. The summed E-state index contributed by atoms with van der Waals surface area (Å²) in [5.74, 6) is 0.683. The van der Waals surface area contributed by atoms with Crippen molar-refractivity contribution in [3.8, 4) is 11.8 Å². The SMILES string of the molecule is CCC(C)(CO)CNc1ccc(OCC#N)cc1. The van der Waals surface area contributed by atoms with Gasteiger partial charge in [0.1, 0.15) is 11.8 Å². The maximum atomic E-state index is 9.31. The van der Waals surface area contributed by atoms with E-state index in [0.717, 1.165) is 18.7 Å². The van der Waals surface area contributed by atoms with Crippen LogP contribution in [0.5, 0.6) is 5.75 Å². The largest absolute Gasteiger partial charge is 0.479 e. The third-order valence-corrected chi connectivity index (χ3v) is 3.11. The van der Waals surface area contributed by atoms with Crippen molar-refractivity contribution in [3.63, 3.8) is 0 Å². The van der Waals surface area contributed by atoms with Crippen molar-refractivity contribution in [2.24, 2.45) is 5.41 Å². The van der Waals surface area contributed by atoms with Crippen molar-refractivity contribution in [1.29, 1.82) is 5.26 Å². The number of hydrogen-bond acceptors (Lipinski definition) is 4. The summed E-state index contributed by atoms with van der Waals surface area (Å²) in [4.78, 5) is 0. The second kappa shape index (κ2) is 6.87. The van der Waals surface area contributed by atoms with E-state index in [1.165, 1.54) is 0 Å². The van der Waals surface area contributed by atoms with E-state index in [1.807, 2.05) is 37.3 Å². The fourth-order valence-corrected chi connectivity index (χ4v) is 1.39. The minimum atomic E-state index is -0.101. The van der Waals surface area contributed by atoms with Crippen LogP contribution >= 0.6 is 0 Å². The molecule has 0 fully saturated rings. The zero-order valence-electron chi connectivity index (χ0n) is 10.9. The van der Waals surface area contributed by atoms with E-state index in [2.05, 4.69) is 12.2 Å². The van der Waals surface area contributed by atoms with Crippen LogP contribution in [0.2, 0.25) is 0 Å². The molecule has 1 rings (SSSR count). The first-order valence-electron chi connectivity index (χ1n) is 6.08. The Kier molecular flexibility index (Phi) is 5.47. The molecule has 0 saturated heterocycles. The van der Waals surface area contributed by atoms with E-state index >= 15 is 0 Å². The molecule has 1 aromatic carbocycles. The first-order valence-corrected chi connectivity index (χ1v) is 6.08. The molecule has 18 heavy (non-hydrogen) atoms. The van der Waals surface area contributed by atoms with Crippen LogP contribution < -0.4 is 10.1 Å². The number of nitrogens with one attached hydrogen (secondary N) is 1. The Morgan fingerprint density at radius 3 is 2.56 bits per heavy atom. The highest BCUT2D eigenvalue weighted by Crippen LogP contribution is 2.22. The third-order valence-electron chi connectivity index (χ3n) is 3.11. The molecular weight excluding hydrogens is 228 g/mol. The molecule has 0 spiro atoms. The average molecular weight is 248 g/mol. The van der Waals surface area contributed by atoms with Crippen molar-refractivity contribution < 1.29 is 9.84 Å². The highest BCUT2D eigenvalue weighted by atomic mass is 16.5. The van der Waals surface area contributed by atoms with Crippen molar-refractivity contribution in [1.82, 2.24) is 0 Å². The zero-order chi connectivity index (χ0) is 13.4. The molecule has 0 radical (unpaired) electrons. The lowest BCUT2D eigenvalue weighted by Crippen LogP contribution is -2.29. The van der Waals surface area contributed by atoms with Gasteiger partial charge in [-0.3, -0.25) is 0 Å². The van der Waals surface area contributed by atoms with E-state index < -0.39 is 0 Å². The van der Waals surface area contributed by atoms with Crippen LogP contribution in [-0.2, 0) is 0 Å². The number of aliphatic hydroxyl groups excluding tert-OH is 1. The average Bonchev–Trinajstić information content (AvgIpc) is 2.43. The molecule has 0 aliphatic heterocycles. The van der Waals surface area contributed by atoms with Gasteiger partial charge >= 0.3 is 0 Å². The molecule has 0 bridgehead atoms. The molecular formula is C14H20N2O2. The molecule has 4 heteroatoms. The second-order valence-electron chi connectivity index (χ2n) is 4.65. The summed E-state index contributed by atoms with van der Waals surface area (Å²) < 4.78 is 5.17. The van der Waals surface area contributed by atoms with Gasteiger partial charge in [0.15, 0.2) is 6.61 Å². The highest BCUT2D eigenvalue weighted by molar-refractivity contribution is 5.46. The van der Waals surface area contributed by atoms with Gasteiger partial charge in [-0.25, -0.2) is 0 Å². The predicted molar refractivity (Wildman–Crippen MR) is 71.5 cm³/mol. The number of nitriles is 1. The van der Waals surface area contributed by atoms with Crippen LogP contribution in [0.25, 0.3) is 0 Å². The molecule has 0 aromatic heterocycles. The van der Waals surface area contributed by atoms with Crippen molar-refractivity contribution in [2.75, 3.05) is 25.1 Å². The summed E-state index contributed by atoms with van der Waals surface area (Å²) in [6, 6.07) is 9.37. The molecule has 4 nitrogen and oxygen atoms in total. The highest BCUT2D eigenvalue weighted by Gasteiger charge is 2.20. The zero-order valence-corrected chi connectivity index (χ0v) is 10.9. The van der Waals surface area contributed by atoms with Gasteiger partial charge in [-0.15, -0.1) is 0 Å². The monoisotopic (exact) mass is 248 g/mol. The maximum absolute atomic E-state index is 9.31. The van der Waals surface area contributed by atoms with Crippen LogP contribution in [0.3, 0.4) is 0 Å². The number of aliphatic hydroxyl groups is 1. The number of rotatable bonds is 7. The fourth-order valence-electron chi connectivity index (χ4n) is 1.39. The maximum Gasteiger partial charge on any atom is 0.174 e. The van der Waals surface area contributed by atoms with E-state index in [9.17, 15) is 5.11 Å². The summed E-state index contributed by atoms with van der Waals surface area (Å²) in [7, 11) is 0. The molecule has 0 amide bonds. The summed E-state index contributed by atoms with van der Waals surface area (Å²) in [6.45, 7) is 5.06. The lowest BCUT2D eigenvalue weighted by molar-refractivity contribution is 0.149. The van der Waals surface area contributed by atoms with Crippen LogP contribution in [0.1, 0.15) is 20.3 Å². The molecule has 0 saturated carbocycles. The number of ether oxygens (including phenoxy) is 1. The van der Waals surface area contributed by atoms with Gasteiger partial charge in [0, 0.05) is 17.6 Å². The van der Waals surface area contributed by atoms with Gasteiger partial charge in [-0.05, 0) is 30.7 Å². The Hall–Kier alpha value is -1.73. The molecule has 2 N–H and O–H groups in total. The van der Waals surface area contributed by atoms with Gasteiger partial charge < -0.3 is 15.2 Å². The van der Waals surface area contributed by atoms with Crippen molar-refractivity contribution in [3.05, 3.63) is 24.3 Å². The standard InChI is InChI=1S/C14H20N2O2/c1-3-14(2,11-17)10-16-12-4-6-13(7-5-12)18-9-8-15/h4-7,16-17H,3,9-11H2,1-2H3. The molecule has 1 unspecified atom stereocenters. The second-order valence-corrected chi connectivity index (χ2v) is 4.65. The van der Waals surface area contributed by atoms with Crippen molar-refractivity contribution >= 4 is 5.69 Å². The van der Waals surface area contributed by atoms with Gasteiger partial charge in [-0.2, -0.15) is 5.26 Å². The van der Waals surface area contributed by atoms with Crippen LogP contribution in [0.15, 0.2) is 24.3 Å². The Morgan fingerprint density at radius 2 is 2.06 bits per heavy atom. The molecule has 98 valence electrons. The lowest BCUT2D eigenvalue weighted by atomic mass is 9.88.